The topological polar surface area (TPSA) is 24.9 Å². The lowest BCUT2D eigenvalue weighted by molar-refractivity contribution is -0.141. The molecular weight excluding hydrogens is 272 g/mol. The molecule has 0 amide bonds. The average molecular weight is 286 g/mol. The minimum atomic E-state index is -4.57. The Morgan fingerprint density at radius 2 is 1.85 bits per heavy atom. The molecule has 0 aliphatic heterocycles. The van der Waals surface area contributed by atoms with Crippen LogP contribution in [0, 0.1) is 19.7 Å². The molecule has 0 saturated heterocycles. The number of nitrogens with zero attached hydrogens (tertiary/aromatic N) is 1. The number of rotatable bonds is 2. The number of pyridine rings is 1. The van der Waals surface area contributed by atoms with E-state index in [1.807, 2.05) is 0 Å². The molecule has 0 spiro atoms. The highest BCUT2D eigenvalue weighted by Crippen LogP contribution is 2.38. The second-order valence-electron chi connectivity index (χ2n) is 4.61. The number of halogens is 4. The van der Waals surface area contributed by atoms with E-state index in [-0.39, 0.29) is 11.1 Å². The molecule has 0 unspecified atom stereocenters. The summed E-state index contributed by atoms with van der Waals surface area (Å²) in [7, 11) is 0. The number of alkyl halides is 3. The zero-order valence-electron chi connectivity index (χ0n) is 11.3. The maximum atomic E-state index is 13.4. The van der Waals surface area contributed by atoms with Gasteiger partial charge in [-0.25, -0.2) is 9.37 Å². The van der Waals surface area contributed by atoms with Crippen molar-refractivity contribution < 1.29 is 17.6 Å². The molecule has 1 aromatic heterocycles. The zero-order chi connectivity index (χ0) is 15.1. The van der Waals surface area contributed by atoms with Crippen LogP contribution in [0.25, 0.3) is 10.9 Å². The molecule has 0 aliphatic carbocycles. The lowest BCUT2D eigenvalue weighted by Crippen LogP contribution is -2.14. The zero-order valence-corrected chi connectivity index (χ0v) is 11.3. The Hall–Kier alpha value is -1.85. The van der Waals surface area contributed by atoms with Crippen LogP contribution in [-0.4, -0.2) is 11.5 Å². The van der Waals surface area contributed by atoms with Crippen LogP contribution in [0.5, 0.6) is 0 Å². The minimum absolute atomic E-state index is 0.0105. The van der Waals surface area contributed by atoms with Crippen molar-refractivity contribution in [3.8, 4) is 0 Å². The highest BCUT2D eigenvalue weighted by atomic mass is 19.4. The molecule has 0 atom stereocenters. The molecular formula is C14H14F4N2. The van der Waals surface area contributed by atoms with Gasteiger partial charge in [0, 0.05) is 29.2 Å². The highest BCUT2D eigenvalue weighted by molar-refractivity contribution is 5.96. The van der Waals surface area contributed by atoms with Gasteiger partial charge in [0.25, 0.3) is 0 Å². The van der Waals surface area contributed by atoms with E-state index in [4.69, 9.17) is 0 Å². The summed E-state index contributed by atoms with van der Waals surface area (Å²) in [6, 6.07) is 2.31. The third-order valence-corrected chi connectivity index (χ3v) is 3.11. The average Bonchev–Trinajstić information content (AvgIpc) is 2.30. The van der Waals surface area contributed by atoms with Gasteiger partial charge in [-0.05, 0) is 32.4 Å². The van der Waals surface area contributed by atoms with Crippen molar-refractivity contribution in [1.82, 2.24) is 4.98 Å². The normalized spacial score (nSPS) is 11.9. The smallest absolute Gasteiger partial charge is 0.384 e. The fourth-order valence-electron chi connectivity index (χ4n) is 2.32. The second-order valence-corrected chi connectivity index (χ2v) is 4.61. The summed E-state index contributed by atoms with van der Waals surface area (Å²) in [5.41, 5.74) is -0.0218. The fraction of sp³-hybridized carbons (Fsp3) is 0.357. The Labute approximate surface area is 113 Å². The molecule has 0 radical (unpaired) electrons. The van der Waals surface area contributed by atoms with Gasteiger partial charge in [0.15, 0.2) is 0 Å². The van der Waals surface area contributed by atoms with Crippen molar-refractivity contribution in [2.24, 2.45) is 0 Å². The van der Waals surface area contributed by atoms with Gasteiger partial charge < -0.3 is 5.32 Å². The summed E-state index contributed by atoms with van der Waals surface area (Å²) in [6.07, 6.45) is -4.57. The first kappa shape index (κ1) is 14.6. The molecule has 0 bridgehead atoms. The molecule has 1 N–H and O–H groups in total. The van der Waals surface area contributed by atoms with E-state index in [1.165, 1.54) is 13.0 Å². The standard InChI is InChI=1S/C14H14F4N2/c1-4-19-12-8(3)13(14(16,17)18)20-10-6-9(15)5-7(2)11(10)12/h5-6H,4H2,1-3H3,(H,19,20). The second kappa shape index (κ2) is 4.92. The monoisotopic (exact) mass is 286 g/mol. The van der Waals surface area contributed by atoms with E-state index in [9.17, 15) is 17.6 Å². The Balaban J connectivity index is 2.91. The predicted molar refractivity (Wildman–Crippen MR) is 70.3 cm³/mol. The minimum Gasteiger partial charge on any atom is -0.384 e. The van der Waals surface area contributed by atoms with Crippen molar-refractivity contribution >= 4 is 16.6 Å². The van der Waals surface area contributed by atoms with Crippen LogP contribution in [0.4, 0.5) is 23.2 Å². The van der Waals surface area contributed by atoms with Gasteiger partial charge in [-0.1, -0.05) is 0 Å². The third-order valence-electron chi connectivity index (χ3n) is 3.11. The Morgan fingerprint density at radius 3 is 2.40 bits per heavy atom. The molecule has 108 valence electrons. The van der Waals surface area contributed by atoms with Crippen LogP contribution in [0.3, 0.4) is 0 Å². The molecule has 2 nitrogen and oxygen atoms in total. The number of nitrogens with one attached hydrogen (secondary N) is 1. The number of hydrogen-bond donors (Lipinski definition) is 1. The van der Waals surface area contributed by atoms with Crippen LogP contribution < -0.4 is 5.32 Å². The number of benzene rings is 1. The molecule has 0 fully saturated rings. The van der Waals surface area contributed by atoms with E-state index in [1.54, 1.807) is 13.8 Å². The lowest BCUT2D eigenvalue weighted by atomic mass is 10.0. The quantitative estimate of drug-likeness (QED) is 0.825. The van der Waals surface area contributed by atoms with Gasteiger partial charge in [0.2, 0.25) is 0 Å². The Morgan fingerprint density at radius 1 is 1.20 bits per heavy atom. The first-order chi connectivity index (χ1) is 9.25. The number of hydrogen-bond acceptors (Lipinski definition) is 2. The van der Waals surface area contributed by atoms with Crippen molar-refractivity contribution in [2.45, 2.75) is 26.9 Å². The van der Waals surface area contributed by atoms with E-state index in [0.717, 1.165) is 6.07 Å². The molecule has 0 saturated carbocycles. The Bertz CT molecular complexity index is 662. The number of aromatic nitrogens is 1. The highest BCUT2D eigenvalue weighted by Gasteiger charge is 2.36. The maximum Gasteiger partial charge on any atom is 0.433 e. The summed E-state index contributed by atoms with van der Waals surface area (Å²) in [6.45, 7) is 5.28. The number of aryl methyl sites for hydroxylation is 1. The third kappa shape index (κ3) is 2.42. The van der Waals surface area contributed by atoms with Crippen molar-refractivity contribution in [3.05, 3.63) is 34.8 Å². The largest absolute Gasteiger partial charge is 0.433 e. The summed E-state index contributed by atoms with van der Waals surface area (Å²) >= 11 is 0. The predicted octanol–water partition coefficient (Wildman–Crippen LogP) is 4.44. The van der Waals surface area contributed by atoms with Crippen LogP contribution in [0.2, 0.25) is 0 Å². The maximum absolute atomic E-state index is 13.4. The van der Waals surface area contributed by atoms with Crippen LogP contribution in [0.1, 0.15) is 23.7 Å². The molecule has 0 aliphatic rings. The summed E-state index contributed by atoms with van der Waals surface area (Å²) in [5, 5.41) is 3.46. The van der Waals surface area contributed by atoms with Gasteiger partial charge in [0.05, 0.1) is 5.52 Å². The first-order valence-corrected chi connectivity index (χ1v) is 6.17. The van der Waals surface area contributed by atoms with Crippen molar-refractivity contribution in [2.75, 3.05) is 11.9 Å². The van der Waals surface area contributed by atoms with Crippen LogP contribution >= 0.6 is 0 Å². The van der Waals surface area contributed by atoms with Crippen molar-refractivity contribution in [3.63, 3.8) is 0 Å². The van der Waals surface area contributed by atoms with E-state index in [2.05, 4.69) is 10.3 Å². The number of anilines is 1. The molecule has 2 aromatic rings. The molecule has 20 heavy (non-hydrogen) atoms. The SMILES string of the molecule is CCNc1c(C)c(C(F)(F)F)nc2cc(F)cc(C)c12. The van der Waals surface area contributed by atoms with Gasteiger partial charge >= 0.3 is 6.18 Å². The number of fused-ring (bicyclic) bond motifs is 1. The summed E-state index contributed by atoms with van der Waals surface area (Å²) < 4.78 is 52.4. The molecule has 6 heteroatoms. The lowest BCUT2D eigenvalue weighted by Gasteiger charge is -2.18. The van der Waals surface area contributed by atoms with Gasteiger partial charge in [0.1, 0.15) is 11.5 Å². The summed E-state index contributed by atoms with van der Waals surface area (Å²) in [5.74, 6) is -0.595. The fourth-order valence-corrected chi connectivity index (χ4v) is 2.32. The first-order valence-electron chi connectivity index (χ1n) is 6.17. The van der Waals surface area contributed by atoms with E-state index >= 15 is 0 Å². The summed E-state index contributed by atoms with van der Waals surface area (Å²) in [4.78, 5) is 3.61. The molecule has 1 heterocycles. The Kier molecular flexibility index (Phi) is 3.58. The van der Waals surface area contributed by atoms with E-state index < -0.39 is 17.7 Å². The van der Waals surface area contributed by atoms with E-state index in [0.29, 0.717) is 23.2 Å². The van der Waals surface area contributed by atoms with Gasteiger partial charge in [-0.3, -0.25) is 0 Å². The van der Waals surface area contributed by atoms with Gasteiger partial charge in [-0.2, -0.15) is 13.2 Å². The molecule has 2 rings (SSSR count). The molecule has 1 aromatic carbocycles. The van der Waals surface area contributed by atoms with Crippen molar-refractivity contribution in [1.29, 1.82) is 0 Å². The van der Waals surface area contributed by atoms with Gasteiger partial charge in [-0.15, -0.1) is 0 Å². The van der Waals surface area contributed by atoms with Crippen LogP contribution in [0.15, 0.2) is 12.1 Å². The van der Waals surface area contributed by atoms with Crippen LogP contribution in [-0.2, 0) is 6.18 Å².